The molecule has 2 rings (SSSR count). The minimum atomic E-state index is 0.0905. The summed E-state index contributed by atoms with van der Waals surface area (Å²) in [6, 6.07) is 3.54. The fourth-order valence-electron chi connectivity index (χ4n) is 2.20. The van der Waals surface area contributed by atoms with Crippen LogP contribution in [0.5, 0.6) is 0 Å². The zero-order valence-corrected chi connectivity index (χ0v) is 12.4. The molecule has 0 spiro atoms. The van der Waals surface area contributed by atoms with Crippen LogP contribution in [-0.2, 0) is 6.42 Å². The van der Waals surface area contributed by atoms with E-state index >= 15 is 0 Å². The van der Waals surface area contributed by atoms with Gasteiger partial charge in [0.25, 0.3) is 5.91 Å². The highest BCUT2D eigenvalue weighted by molar-refractivity contribution is 6.29. The first-order valence-electron chi connectivity index (χ1n) is 7.09. The largest absolute Gasteiger partial charge is 0.338 e. The molecule has 1 aromatic heterocycles. The lowest BCUT2D eigenvalue weighted by Crippen LogP contribution is -2.33. The van der Waals surface area contributed by atoms with Gasteiger partial charge in [-0.05, 0) is 43.7 Å². The highest BCUT2D eigenvalue weighted by Crippen LogP contribution is 2.30. The Labute approximate surface area is 120 Å². The number of amides is 1. The predicted octanol–water partition coefficient (Wildman–Crippen LogP) is 3.56. The second-order valence-electron chi connectivity index (χ2n) is 5.22. The maximum Gasteiger partial charge on any atom is 0.254 e. The van der Waals surface area contributed by atoms with Crippen molar-refractivity contribution in [2.75, 3.05) is 13.1 Å². The minimum absolute atomic E-state index is 0.0905. The van der Waals surface area contributed by atoms with Gasteiger partial charge in [0.05, 0.1) is 0 Å². The van der Waals surface area contributed by atoms with Crippen LogP contribution < -0.4 is 0 Å². The molecule has 19 heavy (non-hydrogen) atoms. The zero-order valence-electron chi connectivity index (χ0n) is 11.7. The Hall–Kier alpha value is -1.09. The maximum absolute atomic E-state index is 12.6. The van der Waals surface area contributed by atoms with Gasteiger partial charge >= 0.3 is 0 Å². The Balaban J connectivity index is 2.16. The Kier molecular flexibility index (Phi) is 4.81. The van der Waals surface area contributed by atoms with Crippen LogP contribution in [0.3, 0.4) is 0 Å². The van der Waals surface area contributed by atoms with Crippen molar-refractivity contribution < 1.29 is 4.79 Å². The number of halogens is 1. The molecule has 0 aromatic carbocycles. The standard InChI is InChI=1S/C15H21ClN2O/c1-3-7-18(10-11-5-6-11)15(19)12-8-13(4-2)17-14(16)9-12/h8-9,11H,3-7,10H2,1-2H3. The summed E-state index contributed by atoms with van der Waals surface area (Å²) in [6.07, 6.45) is 4.28. The first-order chi connectivity index (χ1) is 9.13. The molecule has 104 valence electrons. The van der Waals surface area contributed by atoms with Crippen LogP contribution in [0, 0.1) is 5.92 Å². The number of carbonyl (C=O) groups excluding carboxylic acids is 1. The van der Waals surface area contributed by atoms with Crippen molar-refractivity contribution in [3.63, 3.8) is 0 Å². The van der Waals surface area contributed by atoms with E-state index in [1.165, 1.54) is 12.8 Å². The van der Waals surface area contributed by atoms with E-state index in [2.05, 4.69) is 11.9 Å². The zero-order chi connectivity index (χ0) is 13.8. The Morgan fingerprint density at radius 2 is 2.16 bits per heavy atom. The monoisotopic (exact) mass is 280 g/mol. The molecule has 0 N–H and O–H groups in total. The van der Waals surface area contributed by atoms with Gasteiger partial charge in [-0.25, -0.2) is 4.98 Å². The van der Waals surface area contributed by atoms with E-state index in [9.17, 15) is 4.79 Å². The summed E-state index contributed by atoms with van der Waals surface area (Å²) < 4.78 is 0. The van der Waals surface area contributed by atoms with E-state index < -0.39 is 0 Å². The van der Waals surface area contributed by atoms with E-state index in [-0.39, 0.29) is 5.91 Å². The quantitative estimate of drug-likeness (QED) is 0.747. The summed E-state index contributed by atoms with van der Waals surface area (Å²) >= 11 is 5.99. The van der Waals surface area contributed by atoms with Gasteiger partial charge in [-0.3, -0.25) is 4.79 Å². The summed E-state index contributed by atoms with van der Waals surface area (Å²) in [5.41, 5.74) is 1.55. The van der Waals surface area contributed by atoms with Gasteiger partial charge in [-0.2, -0.15) is 0 Å². The third kappa shape index (κ3) is 3.93. The van der Waals surface area contributed by atoms with Gasteiger partial charge in [0.1, 0.15) is 5.15 Å². The molecule has 1 aliphatic carbocycles. The van der Waals surface area contributed by atoms with Gasteiger partial charge in [-0.15, -0.1) is 0 Å². The Morgan fingerprint density at radius 1 is 1.42 bits per heavy atom. The van der Waals surface area contributed by atoms with Crippen molar-refractivity contribution in [1.82, 2.24) is 9.88 Å². The second-order valence-corrected chi connectivity index (χ2v) is 5.61. The first kappa shape index (κ1) is 14.3. The van der Waals surface area contributed by atoms with Gasteiger partial charge in [-0.1, -0.05) is 25.4 Å². The molecule has 3 nitrogen and oxygen atoms in total. The lowest BCUT2D eigenvalue weighted by Gasteiger charge is -2.22. The van der Waals surface area contributed by atoms with Crippen molar-refractivity contribution in [2.45, 2.75) is 39.5 Å². The molecule has 1 amide bonds. The fraction of sp³-hybridized carbons (Fsp3) is 0.600. The molecule has 1 heterocycles. The topological polar surface area (TPSA) is 33.2 Å². The third-order valence-electron chi connectivity index (χ3n) is 3.41. The maximum atomic E-state index is 12.6. The molecular weight excluding hydrogens is 260 g/mol. The lowest BCUT2D eigenvalue weighted by molar-refractivity contribution is 0.0747. The normalized spacial score (nSPS) is 14.5. The highest BCUT2D eigenvalue weighted by atomic mass is 35.5. The first-order valence-corrected chi connectivity index (χ1v) is 7.47. The molecule has 1 saturated carbocycles. The number of pyridine rings is 1. The molecule has 1 aromatic rings. The number of carbonyl (C=O) groups is 1. The minimum Gasteiger partial charge on any atom is -0.338 e. The summed E-state index contributed by atoms with van der Waals surface area (Å²) in [7, 11) is 0. The van der Waals surface area contributed by atoms with Crippen molar-refractivity contribution >= 4 is 17.5 Å². The van der Waals surface area contributed by atoms with E-state index in [0.717, 1.165) is 31.6 Å². The van der Waals surface area contributed by atoms with Crippen molar-refractivity contribution in [3.05, 3.63) is 28.5 Å². The molecule has 0 radical (unpaired) electrons. The molecule has 0 aliphatic heterocycles. The van der Waals surface area contributed by atoms with Crippen molar-refractivity contribution in [1.29, 1.82) is 0 Å². The molecule has 0 unspecified atom stereocenters. The number of hydrogen-bond acceptors (Lipinski definition) is 2. The van der Waals surface area contributed by atoms with E-state index in [0.29, 0.717) is 16.6 Å². The van der Waals surface area contributed by atoms with Crippen molar-refractivity contribution in [2.24, 2.45) is 5.92 Å². The Morgan fingerprint density at radius 3 is 2.74 bits per heavy atom. The number of rotatable bonds is 6. The molecule has 1 aliphatic rings. The number of nitrogens with zero attached hydrogens (tertiary/aromatic N) is 2. The highest BCUT2D eigenvalue weighted by Gasteiger charge is 2.27. The summed E-state index contributed by atoms with van der Waals surface area (Å²) in [5.74, 6) is 0.797. The predicted molar refractivity (Wildman–Crippen MR) is 77.5 cm³/mol. The fourth-order valence-corrected chi connectivity index (χ4v) is 2.42. The van der Waals surface area contributed by atoms with E-state index in [1.54, 1.807) is 6.07 Å². The van der Waals surface area contributed by atoms with Crippen LogP contribution in [0.25, 0.3) is 0 Å². The van der Waals surface area contributed by atoms with Crippen LogP contribution in [-0.4, -0.2) is 28.9 Å². The molecule has 0 bridgehead atoms. The number of hydrogen-bond donors (Lipinski definition) is 0. The Bertz CT molecular complexity index is 457. The summed E-state index contributed by atoms with van der Waals surface area (Å²) in [5, 5.41) is 0.408. The van der Waals surface area contributed by atoms with Gasteiger partial charge in [0.2, 0.25) is 0 Å². The van der Waals surface area contributed by atoms with Crippen LogP contribution in [0.2, 0.25) is 5.15 Å². The van der Waals surface area contributed by atoms with Crippen LogP contribution >= 0.6 is 11.6 Å². The van der Waals surface area contributed by atoms with Gasteiger partial charge < -0.3 is 4.90 Å². The summed E-state index contributed by atoms with van der Waals surface area (Å²) in [4.78, 5) is 18.7. The molecule has 0 atom stereocenters. The number of aromatic nitrogens is 1. The van der Waals surface area contributed by atoms with Crippen LogP contribution in [0.4, 0.5) is 0 Å². The van der Waals surface area contributed by atoms with E-state index in [4.69, 9.17) is 11.6 Å². The SMILES string of the molecule is CCCN(CC1CC1)C(=O)c1cc(Cl)nc(CC)c1. The molecule has 4 heteroatoms. The number of aryl methyl sites for hydroxylation is 1. The third-order valence-corrected chi connectivity index (χ3v) is 3.61. The average molecular weight is 281 g/mol. The van der Waals surface area contributed by atoms with Crippen LogP contribution in [0.1, 0.15) is 49.2 Å². The summed E-state index contributed by atoms with van der Waals surface area (Å²) in [6.45, 7) is 5.82. The lowest BCUT2D eigenvalue weighted by atomic mass is 10.1. The smallest absolute Gasteiger partial charge is 0.254 e. The van der Waals surface area contributed by atoms with Crippen molar-refractivity contribution in [3.8, 4) is 0 Å². The van der Waals surface area contributed by atoms with E-state index in [1.807, 2.05) is 17.9 Å². The molecular formula is C15H21ClN2O. The van der Waals surface area contributed by atoms with Gasteiger partial charge in [0.15, 0.2) is 0 Å². The average Bonchev–Trinajstić information content (AvgIpc) is 3.20. The van der Waals surface area contributed by atoms with Gasteiger partial charge in [0, 0.05) is 24.3 Å². The van der Waals surface area contributed by atoms with Crippen LogP contribution in [0.15, 0.2) is 12.1 Å². The second kappa shape index (κ2) is 6.38. The molecule has 0 saturated heterocycles. The molecule has 1 fully saturated rings.